The first-order valence-corrected chi connectivity index (χ1v) is 12.3. The lowest BCUT2D eigenvalue weighted by Crippen LogP contribution is -2.22. The number of carbonyl (C=O) groups is 2. The lowest BCUT2D eigenvalue weighted by Gasteiger charge is -2.18. The molecule has 0 aliphatic carbocycles. The van der Waals surface area contributed by atoms with Gasteiger partial charge in [0.25, 0.3) is 0 Å². The lowest BCUT2D eigenvalue weighted by molar-refractivity contribution is -0.114. The molecule has 0 atom stereocenters. The number of anilines is 3. The average molecular weight is 525 g/mol. The van der Waals surface area contributed by atoms with Crippen LogP contribution in [-0.4, -0.2) is 36.7 Å². The molecule has 11 heteroatoms. The predicted molar refractivity (Wildman–Crippen MR) is 150 cm³/mol. The zero-order valence-corrected chi connectivity index (χ0v) is 21.9. The molecule has 3 amide bonds. The number of urea groups is 1. The molecular formula is C28H28N8O3. The Hall–Kier alpha value is -5.19. The number of ether oxygens (including phenoxy) is 1. The van der Waals surface area contributed by atoms with Gasteiger partial charge in [-0.15, -0.1) is 0 Å². The molecule has 0 bridgehead atoms. The van der Waals surface area contributed by atoms with Crippen LogP contribution in [0.25, 0.3) is 22.3 Å². The summed E-state index contributed by atoms with van der Waals surface area (Å²) in [6.07, 6.45) is 5.02. The maximum absolute atomic E-state index is 12.9. The van der Waals surface area contributed by atoms with E-state index in [0.29, 0.717) is 34.4 Å². The van der Waals surface area contributed by atoms with E-state index in [1.165, 1.54) is 6.92 Å². The van der Waals surface area contributed by atoms with E-state index in [2.05, 4.69) is 30.9 Å². The van der Waals surface area contributed by atoms with Crippen molar-refractivity contribution in [3.05, 3.63) is 73.3 Å². The summed E-state index contributed by atoms with van der Waals surface area (Å²) < 4.78 is 7.67. The fraction of sp³-hybridized carbons (Fsp3) is 0.179. The zero-order chi connectivity index (χ0) is 27.6. The van der Waals surface area contributed by atoms with E-state index in [4.69, 9.17) is 9.84 Å². The Morgan fingerprint density at radius 1 is 0.923 bits per heavy atom. The number of pyridine rings is 1. The Morgan fingerprint density at radius 2 is 1.72 bits per heavy atom. The number of aromatic nitrogens is 5. The molecule has 0 spiro atoms. The summed E-state index contributed by atoms with van der Waals surface area (Å²) in [6, 6.07) is 15.6. The quantitative estimate of drug-likeness (QED) is 0.216. The van der Waals surface area contributed by atoms with Crippen molar-refractivity contribution < 1.29 is 14.3 Å². The first-order valence-electron chi connectivity index (χ1n) is 12.3. The van der Waals surface area contributed by atoms with Crippen LogP contribution in [0.4, 0.5) is 22.0 Å². The fourth-order valence-corrected chi connectivity index (χ4v) is 3.86. The maximum atomic E-state index is 12.9. The summed E-state index contributed by atoms with van der Waals surface area (Å²) in [5.74, 6) is 1.26. The van der Waals surface area contributed by atoms with Crippen molar-refractivity contribution in [2.24, 2.45) is 0 Å². The van der Waals surface area contributed by atoms with E-state index in [-0.39, 0.29) is 11.4 Å². The van der Waals surface area contributed by atoms with Crippen molar-refractivity contribution in [3.63, 3.8) is 0 Å². The number of hydrogen-bond donors (Lipinski definition) is 4. The Labute approximate surface area is 224 Å². The van der Waals surface area contributed by atoms with Crippen LogP contribution in [0, 0.1) is 0 Å². The SMILES string of the molecule is CC(=O)Nc1cc(Oc2ccc(NC(=O)Nc3cn(C(C)(C)C)nc3-c3ccc4nc[nH]c4c3)cc2)ccn1. The van der Waals surface area contributed by atoms with Crippen LogP contribution in [-0.2, 0) is 10.3 Å². The molecule has 0 fully saturated rings. The monoisotopic (exact) mass is 524 g/mol. The minimum absolute atomic E-state index is 0.217. The van der Waals surface area contributed by atoms with Crippen molar-refractivity contribution >= 4 is 40.2 Å². The molecular weight excluding hydrogens is 496 g/mol. The number of aromatic amines is 1. The second-order valence-electron chi connectivity index (χ2n) is 9.90. The standard InChI is InChI=1S/C28H28N8O3/c1-17(37)32-25-14-21(11-12-29-25)39-20-8-6-19(7-9-20)33-27(38)34-24-15-36(28(2,3)4)35-26(24)18-5-10-22-23(13-18)31-16-30-22/h5-16H,1-4H3,(H,30,31)(H,29,32,37)(H2,33,34,38). The van der Waals surface area contributed by atoms with Gasteiger partial charge in [-0.05, 0) is 63.2 Å². The van der Waals surface area contributed by atoms with Gasteiger partial charge >= 0.3 is 6.03 Å². The first-order chi connectivity index (χ1) is 18.6. The highest BCUT2D eigenvalue weighted by molar-refractivity contribution is 6.02. The Balaban J connectivity index is 1.30. The van der Waals surface area contributed by atoms with Crippen molar-refractivity contribution in [1.82, 2.24) is 24.7 Å². The molecule has 0 saturated heterocycles. The highest BCUT2D eigenvalue weighted by Gasteiger charge is 2.21. The van der Waals surface area contributed by atoms with Gasteiger partial charge in [-0.3, -0.25) is 9.48 Å². The van der Waals surface area contributed by atoms with Crippen molar-refractivity contribution in [2.45, 2.75) is 33.2 Å². The van der Waals surface area contributed by atoms with Gasteiger partial charge in [-0.2, -0.15) is 5.10 Å². The lowest BCUT2D eigenvalue weighted by atomic mass is 10.1. The van der Waals surface area contributed by atoms with Gasteiger partial charge < -0.3 is 25.7 Å². The molecule has 0 unspecified atom stereocenters. The number of amides is 3. The van der Waals surface area contributed by atoms with Crippen LogP contribution >= 0.6 is 0 Å². The van der Waals surface area contributed by atoms with Gasteiger partial charge in [0, 0.05) is 36.6 Å². The Bertz CT molecular complexity index is 1650. The third kappa shape index (κ3) is 6.04. The number of benzene rings is 2. The molecule has 5 rings (SSSR count). The molecule has 11 nitrogen and oxygen atoms in total. The van der Waals surface area contributed by atoms with E-state index < -0.39 is 6.03 Å². The van der Waals surface area contributed by atoms with Crippen LogP contribution in [0.5, 0.6) is 11.5 Å². The number of hydrogen-bond acceptors (Lipinski definition) is 6. The molecule has 0 saturated carbocycles. The highest BCUT2D eigenvalue weighted by Crippen LogP contribution is 2.31. The smallest absolute Gasteiger partial charge is 0.323 e. The summed E-state index contributed by atoms with van der Waals surface area (Å²) in [6.45, 7) is 7.54. The molecule has 0 aliphatic rings. The van der Waals surface area contributed by atoms with E-state index in [0.717, 1.165) is 16.6 Å². The second-order valence-corrected chi connectivity index (χ2v) is 9.90. The second kappa shape index (κ2) is 10.3. The van der Waals surface area contributed by atoms with Gasteiger partial charge in [0.15, 0.2) is 0 Å². The van der Waals surface area contributed by atoms with Crippen LogP contribution in [0.1, 0.15) is 27.7 Å². The minimum Gasteiger partial charge on any atom is -0.457 e. The average Bonchev–Trinajstić information content (AvgIpc) is 3.51. The van der Waals surface area contributed by atoms with Gasteiger partial charge in [-0.1, -0.05) is 6.07 Å². The Morgan fingerprint density at radius 3 is 2.46 bits per heavy atom. The van der Waals surface area contributed by atoms with Crippen molar-refractivity contribution in [2.75, 3.05) is 16.0 Å². The third-order valence-corrected chi connectivity index (χ3v) is 5.73. The van der Waals surface area contributed by atoms with Gasteiger partial charge in [0.2, 0.25) is 5.91 Å². The van der Waals surface area contributed by atoms with Crippen molar-refractivity contribution in [3.8, 4) is 22.8 Å². The van der Waals surface area contributed by atoms with Gasteiger partial charge in [0.1, 0.15) is 23.0 Å². The number of H-pyrrole nitrogens is 1. The van der Waals surface area contributed by atoms with Gasteiger partial charge in [-0.25, -0.2) is 14.8 Å². The number of carbonyl (C=O) groups excluding carboxylic acids is 2. The molecule has 39 heavy (non-hydrogen) atoms. The predicted octanol–water partition coefficient (Wildman–Crippen LogP) is 5.97. The summed E-state index contributed by atoms with van der Waals surface area (Å²) >= 11 is 0. The summed E-state index contributed by atoms with van der Waals surface area (Å²) in [4.78, 5) is 35.7. The number of fused-ring (bicyclic) bond motifs is 1. The number of rotatable bonds is 6. The van der Waals surface area contributed by atoms with E-state index in [9.17, 15) is 9.59 Å². The summed E-state index contributed by atoms with van der Waals surface area (Å²) in [5, 5.41) is 13.2. The first kappa shape index (κ1) is 25.5. The molecule has 3 heterocycles. The van der Waals surface area contributed by atoms with E-state index in [1.807, 2.05) is 49.8 Å². The molecule has 4 N–H and O–H groups in total. The number of imidazole rings is 1. The molecule has 3 aromatic heterocycles. The molecule has 198 valence electrons. The van der Waals surface area contributed by atoms with E-state index in [1.54, 1.807) is 48.9 Å². The molecule has 2 aromatic carbocycles. The molecule has 0 radical (unpaired) electrons. The van der Waals surface area contributed by atoms with E-state index >= 15 is 0 Å². The zero-order valence-electron chi connectivity index (χ0n) is 21.9. The highest BCUT2D eigenvalue weighted by atomic mass is 16.5. The summed E-state index contributed by atoms with van der Waals surface area (Å²) in [5.41, 5.74) is 4.11. The van der Waals surface area contributed by atoms with Crippen LogP contribution < -0.4 is 20.7 Å². The normalized spacial score (nSPS) is 11.3. The topological polar surface area (TPSA) is 139 Å². The number of nitrogens with zero attached hydrogens (tertiary/aromatic N) is 4. The van der Waals surface area contributed by atoms with Gasteiger partial charge in [0.05, 0.1) is 28.6 Å². The van der Waals surface area contributed by atoms with Crippen LogP contribution in [0.3, 0.4) is 0 Å². The maximum Gasteiger partial charge on any atom is 0.323 e. The van der Waals surface area contributed by atoms with Crippen LogP contribution in [0.2, 0.25) is 0 Å². The Kier molecular flexibility index (Phi) is 6.72. The minimum atomic E-state index is -0.407. The van der Waals surface area contributed by atoms with Crippen LogP contribution in [0.15, 0.2) is 73.3 Å². The summed E-state index contributed by atoms with van der Waals surface area (Å²) in [7, 11) is 0. The largest absolute Gasteiger partial charge is 0.457 e. The molecule has 0 aliphatic heterocycles. The third-order valence-electron chi connectivity index (χ3n) is 5.73. The van der Waals surface area contributed by atoms with Crippen molar-refractivity contribution in [1.29, 1.82) is 0 Å². The number of nitrogens with one attached hydrogen (secondary N) is 4. The fourth-order valence-electron chi connectivity index (χ4n) is 3.86. The molecule has 5 aromatic rings.